The summed E-state index contributed by atoms with van der Waals surface area (Å²) >= 11 is 1.67. The Bertz CT molecular complexity index is 3350. The van der Waals surface area contributed by atoms with Gasteiger partial charge in [-0.25, -0.2) is 15.0 Å². The molecule has 0 saturated carbocycles. The molecule has 7 aromatic carbocycles. The predicted octanol–water partition coefficient (Wildman–Crippen LogP) is 12.0. The lowest BCUT2D eigenvalue weighted by atomic mass is 9.98. The summed E-state index contributed by atoms with van der Waals surface area (Å²) in [5.41, 5.74) is 2.98. The Morgan fingerprint density at radius 1 is 0.521 bits per heavy atom. The van der Waals surface area contributed by atoms with Gasteiger partial charge in [0, 0.05) is 53.0 Å². The topological polar surface area (TPSA) is 51.8 Å². The van der Waals surface area contributed by atoms with Crippen molar-refractivity contribution in [1.82, 2.24) is 15.0 Å². The zero-order valence-corrected chi connectivity index (χ0v) is 25.7. The second-order valence-corrected chi connectivity index (χ2v) is 12.3. The van der Waals surface area contributed by atoms with Crippen molar-refractivity contribution in [2.24, 2.45) is 0 Å². The first kappa shape index (κ1) is 19.5. The summed E-state index contributed by atoms with van der Waals surface area (Å²) in [7, 11) is 0. The van der Waals surface area contributed by atoms with E-state index in [1.165, 1.54) is 0 Å². The van der Waals surface area contributed by atoms with Crippen molar-refractivity contribution >= 4 is 64.2 Å². The van der Waals surface area contributed by atoms with E-state index in [2.05, 4.69) is 24.3 Å². The van der Waals surface area contributed by atoms with Gasteiger partial charge in [0.2, 0.25) is 0 Å². The summed E-state index contributed by atoms with van der Waals surface area (Å²) in [6.07, 6.45) is 0. The second-order valence-electron chi connectivity index (χ2n) is 11.3. The maximum atomic E-state index is 9.48. The van der Waals surface area contributed by atoms with Crippen molar-refractivity contribution in [3.63, 3.8) is 0 Å². The van der Waals surface area contributed by atoms with E-state index in [9.17, 15) is 4.11 Å². The van der Waals surface area contributed by atoms with Gasteiger partial charge in [-0.1, -0.05) is 121 Å². The molecular weight excluding hydrogens is 607 g/mol. The molecule has 0 atom stereocenters. The Kier molecular flexibility index (Phi) is 4.34. The molecular formula is C43H25N3OS. The maximum absolute atomic E-state index is 9.48. The van der Waals surface area contributed by atoms with Crippen LogP contribution in [0.4, 0.5) is 0 Å². The van der Waals surface area contributed by atoms with E-state index in [4.69, 9.17) is 27.6 Å². The molecule has 0 fully saturated rings. The van der Waals surface area contributed by atoms with Crippen LogP contribution in [-0.4, -0.2) is 15.0 Å². The quantitative estimate of drug-likeness (QED) is 0.192. The van der Waals surface area contributed by atoms with Gasteiger partial charge >= 0.3 is 0 Å². The number of fused-ring (bicyclic) bond motifs is 8. The molecule has 10 aromatic rings. The van der Waals surface area contributed by atoms with Crippen LogP contribution in [0, 0.1) is 0 Å². The number of hydrogen-bond donors (Lipinski definition) is 0. The van der Waals surface area contributed by atoms with Crippen LogP contribution in [0.25, 0.3) is 98.2 Å². The molecule has 0 N–H and O–H groups in total. The maximum Gasteiger partial charge on any atom is 0.164 e. The number of thiophene rings is 1. The number of hydrogen-bond acceptors (Lipinski definition) is 5. The Hall–Kier alpha value is -6.17. The van der Waals surface area contributed by atoms with Crippen molar-refractivity contribution in [3.8, 4) is 45.3 Å². The number of aromatic nitrogens is 3. The molecule has 0 radical (unpaired) electrons. The van der Waals surface area contributed by atoms with Gasteiger partial charge in [-0.2, -0.15) is 0 Å². The molecule has 5 heteroatoms. The summed E-state index contributed by atoms with van der Waals surface area (Å²) in [6.45, 7) is 0. The minimum absolute atomic E-state index is 0.0522. The van der Waals surface area contributed by atoms with Crippen molar-refractivity contribution in [2.75, 3.05) is 0 Å². The van der Waals surface area contributed by atoms with E-state index >= 15 is 0 Å². The highest BCUT2D eigenvalue weighted by Gasteiger charge is 2.20. The van der Waals surface area contributed by atoms with Gasteiger partial charge in [0.05, 0.1) is 12.3 Å². The minimum atomic E-state index is -0.559. The Morgan fingerprint density at radius 2 is 1.21 bits per heavy atom. The van der Waals surface area contributed by atoms with Crippen molar-refractivity contribution < 1.29 is 16.8 Å². The molecule has 0 unspecified atom stereocenters. The molecule has 10 rings (SSSR count). The zero-order chi connectivity index (χ0) is 39.4. The summed E-state index contributed by atoms with van der Waals surface area (Å²) in [5, 5.41) is 1.43. The number of rotatable bonds is 4. The SMILES string of the molecule is [2H]c1c([2H])c([2H])c2c(c1[2H])c([2H])c([2H])c1c2oc2c([2H])c(-c3nc(-c4ccccc4)nc(-c4ccc(-c5ccccc5)c5sc6ccccc6c45)n3)c([2H])c([2H])c21. The van der Waals surface area contributed by atoms with E-state index in [1.54, 1.807) is 11.3 Å². The highest BCUT2D eigenvalue weighted by atomic mass is 32.1. The third-order valence-electron chi connectivity index (χ3n) is 8.43. The normalized spacial score (nSPS) is 14.4. The van der Waals surface area contributed by atoms with Crippen molar-refractivity contribution in [3.05, 3.63) is 151 Å². The monoisotopic (exact) mass is 640 g/mol. The van der Waals surface area contributed by atoms with Crippen LogP contribution < -0.4 is 0 Å². The molecule has 3 aromatic heterocycles. The molecule has 0 aliphatic heterocycles. The zero-order valence-electron chi connectivity index (χ0n) is 33.9. The lowest BCUT2D eigenvalue weighted by Crippen LogP contribution is -2.00. The van der Waals surface area contributed by atoms with Crippen LogP contribution in [0.2, 0.25) is 0 Å². The average molecular weight is 641 g/mol. The molecule has 48 heavy (non-hydrogen) atoms. The van der Waals surface area contributed by atoms with Gasteiger partial charge in [0.25, 0.3) is 0 Å². The Labute approximate surface area is 292 Å². The van der Waals surface area contributed by atoms with E-state index in [1.807, 2.05) is 72.8 Å². The molecule has 0 saturated heterocycles. The van der Waals surface area contributed by atoms with Gasteiger partial charge in [0.1, 0.15) is 11.2 Å². The first-order chi connectivity index (χ1) is 27.5. The largest absolute Gasteiger partial charge is 0.455 e. The molecule has 0 spiro atoms. The lowest BCUT2D eigenvalue weighted by molar-refractivity contribution is 0.673. The Balaban J connectivity index is 1.29. The standard InChI is InChI=1S/C43H25N3OS/c1-3-11-26(12-4-1)31-23-24-35(38-34-17-9-10-18-37(34)48-40(31)38)43-45-41(28-14-5-2-6-15-28)44-42(46-43)29-20-21-32-33-22-19-27-13-7-8-16-30(27)39(33)47-36(32)25-29/h1-25H/i7D,8D,13D,16D,19D,20D,21D,22D,25D. The number of furan rings is 1. The van der Waals surface area contributed by atoms with Gasteiger partial charge < -0.3 is 4.42 Å². The van der Waals surface area contributed by atoms with Crippen LogP contribution >= 0.6 is 11.3 Å². The van der Waals surface area contributed by atoms with Crippen molar-refractivity contribution in [2.45, 2.75) is 0 Å². The fraction of sp³-hybridized carbons (Fsp3) is 0. The van der Waals surface area contributed by atoms with Gasteiger partial charge in [0.15, 0.2) is 17.5 Å². The van der Waals surface area contributed by atoms with E-state index in [-0.39, 0.29) is 61.8 Å². The molecule has 3 heterocycles. The lowest BCUT2D eigenvalue weighted by Gasteiger charge is -2.11. The predicted molar refractivity (Wildman–Crippen MR) is 199 cm³/mol. The minimum Gasteiger partial charge on any atom is -0.455 e. The first-order valence-corrected chi connectivity index (χ1v) is 16.0. The van der Waals surface area contributed by atoms with Crippen LogP contribution in [0.5, 0.6) is 0 Å². The van der Waals surface area contributed by atoms with Crippen LogP contribution in [-0.2, 0) is 0 Å². The molecule has 0 bridgehead atoms. The second kappa shape index (κ2) is 10.7. The Morgan fingerprint density at radius 3 is 2.06 bits per heavy atom. The summed E-state index contributed by atoms with van der Waals surface area (Å²) in [5.74, 6) is 0.514. The van der Waals surface area contributed by atoms with E-state index in [0.717, 1.165) is 31.3 Å². The summed E-state index contributed by atoms with van der Waals surface area (Å²) in [4.78, 5) is 14.7. The summed E-state index contributed by atoms with van der Waals surface area (Å²) < 4.78 is 87.7. The highest BCUT2D eigenvalue weighted by molar-refractivity contribution is 7.26. The first-order valence-electron chi connectivity index (χ1n) is 19.7. The molecule has 0 amide bonds. The third kappa shape index (κ3) is 4.25. The summed E-state index contributed by atoms with van der Waals surface area (Å²) in [6, 6.07) is 27.3. The van der Waals surface area contributed by atoms with Crippen LogP contribution in [0.1, 0.15) is 12.3 Å². The third-order valence-corrected chi connectivity index (χ3v) is 9.63. The molecule has 0 aliphatic rings. The van der Waals surface area contributed by atoms with E-state index in [0.29, 0.717) is 11.1 Å². The number of benzene rings is 7. The van der Waals surface area contributed by atoms with Gasteiger partial charge in [-0.3, -0.25) is 0 Å². The molecule has 0 aliphatic carbocycles. The average Bonchev–Trinajstić information content (AvgIpc) is 3.83. The molecule has 224 valence electrons. The fourth-order valence-electron chi connectivity index (χ4n) is 6.20. The highest BCUT2D eigenvalue weighted by Crippen LogP contribution is 2.44. The van der Waals surface area contributed by atoms with Gasteiger partial charge in [-0.15, -0.1) is 11.3 Å². The molecule has 4 nitrogen and oxygen atoms in total. The smallest absolute Gasteiger partial charge is 0.164 e. The van der Waals surface area contributed by atoms with Crippen molar-refractivity contribution in [1.29, 1.82) is 0 Å². The van der Waals surface area contributed by atoms with E-state index < -0.39 is 48.3 Å². The van der Waals surface area contributed by atoms with Crippen LogP contribution in [0.15, 0.2) is 156 Å². The fourth-order valence-corrected chi connectivity index (χ4v) is 7.47. The van der Waals surface area contributed by atoms with Crippen LogP contribution in [0.3, 0.4) is 0 Å². The van der Waals surface area contributed by atoms with Gasteiger partial charge in [-0.05, 0) is 46.8 Å². The number of nitrogens with zero attached hydrogens (tertiary/aromatic N) is 3.